The van der Waals surface area contributed by atoms with Crippen molar-refractivity contribution in [2.75, 3.05) is 12.8 Å². The minimum atomic E-state index is 0.569. The molecule has 88 valence electrons. The SMILES string of the molecule is CON1C(C)C1CCc1ccc(N)c(C)c1. The van der Waals surface area contributed by atoms with Crippen LogP contribution in [0, 0.1) is 6.92 Å². The summed E-state index contributed by atoms with van der Waals surface area (Å²) in [6, 6.07) is 7.45. The molecule has 2 rings (SSSR count). The first-order valence-electron chi connectivity index (χ1n) is 5.81. The number of anilines is 1. The van der Waals surface area contributed by atoms with E-state index in [-0.39, 0.29) is 0 Å². The van der Waals surface area contributed by atoms with Crippen LogP contribution >= 0.6 is 0 Å². The molecule has 0 saturated carbocycles. The highest BCUT2D eigenvalue weighted by Crippen LogP contribution is 2.31. The number of benzene rings is 1. The highest BCUT2D eigenvalue weighted by molar-refractivity contribution is 5.47. The smallest absolute Gasteiger partial charge is 0.0575 e. The molecule has 3 unspecified atom stereocenters. The summed E-state index contributed by atoms with van der Waals surface area (Å²) in [7, 11) is 1.74. The molecule has 0 aromatic heterocycles. The van der Waals surface area contributed by atoms with E-state index < -0.39 is 0 Å². The molecule has 16 heavy (non-hydrogen) atoms. The Kier molecular flexibility index (Phi) is 3.17. The van der Waals surface area contributed by atoms with E-state index in [1.807, 2.05) is 11.1 Å². The third kappa shape index (κ3) is 2.20. The molecule has 1 aliphatic rings. The van der Waals surface area contributed by atoms with Gasteiger partial charge in [-0.25, -0.2) is 0 Å². The van der Waals surface area contributed by atoms with Crippen LogP contribution in [0.1, 0.15) is 24.5 Å². The molecule has 0 spiro atoms. The second kappa shape index (κ2) is 4.44. The molecule has 1 aromatic carbocycles. The summed E-state index contributed by atoms with van der Waals surface area (Å²) in [5, 5.41) is 2.05. The Hall–Kier alpha value is -1.06. The number of rotatable bonds is 4. The molecule has 3 nitrogen and oxygen atoms in total. The highest BCUT2D eigenvalue weighted by atomic mass is 16.7. The first-order valence-corrected chi connectivity index (χ1v) is 5.81. The molecular weight excluding hydrogens is 200 g/mol. The molecule has 0 bridgehead atoms. The van der Waals surface area contributed by atoms with E-state index in [1.165, 1.54) is 11.1 Å². The Morgan fingerprint density at radius 1 is 1.44 bits per heavy atom. The van der Waals surface area contributed by atoms with E-state index in [9.17, 15) is 0 Å². The van der Waals surface area contributed by atoms with Gasteiger partial charge in [-0.05, 0) is 43.9 Å². The van der Waals surface area contributed by atoms with Crippen molar-refractivity contribution < 1.29 is 4.84 Å². The van der Waals surface area contributed by atoms with Gasteiger partial charge in [0.05, 0.1) is 19.2 Å². The zero-order valence-electron chi connectivity index (χ0n) is 10.2. The fourth-order valence-electron chi connectivity index (χ4n) is 2.26. The fourth-order valence-corrected chi connectivity index (χ4v) is 2.26. The average molecular weight is 220 g/mol. The molecule has 1 aliphatic heterocycles. The summed E-state index contributed by atoms with van der Waals surface area (Å²) in [5.74, 6) is 0. The summed E-state index contributed by atoms with van der Waals surface area (Å²) >= 11 is 0. The molecule has 3 atom stereocenters. The second-order valence-corrected chi connectivity index (χ2v) is 4.58. The zero-order valence-corrected chi connectivity index (χ0v) is 10.2. The summed E-state index contributed by atoms with van der Waals surface area (Å²) in [5.41, 5.74) is 9.21. The maximum absolute atomic E-state index is 5.79. The molecule has 1 aromatic rings. The average Bonchev–Trinajstić information content (AvgIpc) is 2.90. The Morgan fingerprint density at radius 2 is 2.19 bits per heavy atom. The maximum atomic E-state index is 5.79. The van der Waals surface area contributed by atoms with Crippen molar-refractivity contribution in [3.05, 3.63) is 29.3 Å². The minimum absolute atomic E-state index is 0.569. The number of hydrogen-bond donors (Lipinski definition) is 1. The maximum Gasteiger partial charge on any atom is 0.0575 e. The van der Waals surface area contributed by atoms with Crippen LogP contribution in [0.4, 0.5) is 5.69 Å². The third-order valence-electron chi connectivity index (χ3n) is 3.47. The number of nitrogens with two attached hydrogens (primary N) is 1. The van der Waals surface area contributed by atoms with E-state index in [0.717, 1.165) is 18.5 Å². The first-order chi connectivity index (χ1) is 7.63. The van der Waals surface area contributed by atoms with Gasteiger partial charge in [-0.15, -0.1) is 0 Å². The molecule has 1 fully saturated rings. The van der Waals surface area contributed by atoms with Crippen molar-refractivity contribution in [1.82, 2.24) is 5.06 Å². The summed E-state index contributed by atoms with van der Waals surface area (Å²) < 4.78 is 0. The lowest BCUT2D eigenvalue weighted by Gasteiger charge is -2.05. The van der Waals surface area contributed by atoms with Crippen LogP contribution in [-0.2, 0) is 11.3 Å². The van der Waals surface area contributed by atoms with Crippen LogP contribution in [0.15, 0.2) is 18.2 Å². The van der Waals surface area contributed by atoms with E-state index in [0.29, 0.717) is 12.1 Å². The molecule has 1 heterocycles. The molecule has 0 aliphatic carbocycles. The van der Waals surface area contributed by atoms with Crippen LogP contribution < -0.4 is 5.73 Å². The quantitative estimate of drug-likeness (QED) is 0.624. The van der Waals surface area contributed by atoms with Crippen molar-refractivity contribution in [1.29, 1.82) is 0 Å². The topological polar surface area (TPSA) is 38.3 Å². The van der Waals surface area contributed by atoms with E-state index in [2.05, 4.69) is 26.0 Å². The van der Waals surface area contributed by atoms with Crippen LogP contribution in [0.2, 0.25) is 0 Å². The molecule has 1 saturated heterocycles. The standard InChI is InChI=1S/C13H20N2O/c1-9-8-11(4-6-12(9)14)5-7-13-10(2)15(13)16-3/h4,6,8,10,13H,5,7,14H2,1-3H3. The molecule has 2 N–H and O–H groups in total. The molecule has 3 heteroatoms. The predicted octanol–water partition coefficient (Wildman–Crippen LogP) is 2.14. The molecular formula is C13H20N2O. The predicted molar refractivity (Wildman–Crippen MR) is 66.0 cm³/mol. The van der Waals surface area contributed by atoms with Gasteiger partial charge in [0.1, 0.15) is 0 Å². The van der Waals surface area contributed by atoms with E-state index in [1.54, 1.807) is 7.11 Å². The van der Waals surface area contributed by atoms with Gasteiger partial charge in [-0.1, -0.05) is 12.1 Å². The van der Waals surface area contributed by atoms with Gasteiger partial charge in [-0.2, -0.15) is 5.06 Å². The number of hydrogen-bond acceptors (Lipinski definition) is 3. The van der Waals surface area contributed by atoms with Gasteiger partial charge in [0.15, 0.2) is 0 Å². The molecule has 0 amide bonds. The van der Waals surface area contributed by atoms with Crippen molar-refractivity contribution in [3.8, 4) is 0 Å². The largest absolute Gasteiger partial charge is 0.399 e. The van der Waals surface area contributed by atoms with Crippen molar-refractivity contribution in [3.63, 3.8) is 0 Å². The van der Waals surface area contributed by atoms with Gasteiger partial charge in [0.2, 0.25) is 0 Å². The second-order valence-electron chi connectivity index (χ2n) is 4.58. The third-order valence-corrected chi connectivity index (χ3v) is 3.47. The monoisotopic (exact) mass is 220 g/mol. The minimum Gasteiger partial charge on any atom is -0.399 e. The Labute approximate surface area is 97.1 Å². The van der Waals surface area contributed by atoms with E-state index >= 15 is 0 Å². The fraction of sp³-hybridized carbons (Fsp3) is 0.538. The highest BCUT2D eigenvalue weighted by Gasteiger charge is 2.43. The van der Waals surface area contributed by atoms with Crippen LogP contribution in [0.25, 0.3) is 0 Å². The van der Waals surface area contributed by atoms with Crippen LogP contribution in [-0.4, -0.2) is 24.3 Å². The Morgan fingerprint density at radius 3 is 2.75 bits per heavy atom. The van der Waals surface area contributed by atoms with Crippen molar-refractivity contribution >= 4 is 5.69 Å². The van der Waals surface area contributed by atoms with Crippen LogP contribution in [0.3, 0.4) is 0 Å². The van der Waals surface area contributed by atoms with Gasteiger partial charge >= 0.3 is 0 Å². The Bertz CT molecular complexity index is 378. The van der Waals surface area contributed by atoms with Gasteiger partial charge < -0.3 is 10.6 Å². The van der Waals surface area contributed by atoms with E-state index in [4.69, 9.17) is 10.6 Å². The summed E-state index contributed by atoms with van der Waals surface area (Å²) in [4.78, 5) is 5.23. The normalized spacial score (nSPS) is 28.1. The number of nitrogen functional groups attached to an aromatic ring is 1. The van der Waals surface area contributed by atoms with Gasteiger partial charge in [0, 0.05) is 5.69 Å². The lowest BCUT2D eigenvalue weighted by Crippen LogP contribution is -2.01. The number of nitrogens with zero attached hydrogens (tertiary/aromatic N) is 1. The first kappa shape index (κ1) is 11.4. The van der Waals surface area contributed by atoms with Crippen molar-refractivity contribution in [2.24, 2.45) is 0 Å². The van der Waals surface area contributed by atoms with Crippen molar-refractivity contribution in [2.45, 2.75) is 38.8 Å². The van der Waals surface area contributed by atoms with Crippen LogP contribution in [0.5, 0.6) is 0 Å². The summed E-state index contributed by atoms with van der Waals surface area (Å²) in [6.07, 6.45) is 2.24. The lowest BCUT2D eigenvalue weighted by atomic mass is 10.0. The van der Waals surface area contributed by atoms with Gasteiger partial charge in [0.25, 0.3) is 0 Å². The molecule has 0 radical (unpaired) electrons. The zero-order chi connectivity index (χ0) is 11.7. The Balaban J connectivity index is 1.88. The number of aryl methyl sites for hydroxylation is 2. The van der Waals surface area contributed by atoms with Gasteiger partial charge in [-0.3, -0.25) is 0 Å². The number of hydroxylamine groups is 2. The lowest BCUT2D eigenvalue weighted by molar-refractivity contribution is -0.0473. The summed E-state index contributed by atoms with van der Waals surface area (Å²) in [6.45, 7) is 4.25.